The van der Waals surface area contributed by atoms with Crippen molar-refractivity contribution >= 4 is 12.2 Å². The highest BCUT2D eigenvalue weighted by Crippen LogP contribution is 2.33. The molecule has 1 N–H and O–H groups in total. The Kier molecular flexibility index (Phi) is 3.04. The van der Waals surface area contributed by atoms with E-state index in [4.69, 9.17) is 26.4 Å². The van der Waals surface area contributed by atoms with Crippen molar-refractivity contribution in [1.82, 2.24) is 15.0 Å². The second-order valence-electron chi connectivity index (χ2n) is 3.85. The summed E-state index contributed by atoms with van der Waals surface area (Å²) in [6.07, 6.45) is 0. The number of hydrogen-bond donors (Lipinski definition) is 1. The summed E-state index contributed by atoms with van der Waals surface area (Å²) in [6.45, 7) is 1.11. The first-order valence-electron chi connectivity index (χ1n) is 5.68. The number of fused-ring (bicyclic) bond motifs is 1. The van der Waals surface area contributed by atoms with E-state index in [9.17, 15) is 0 Å². The summed E-state index contributed by atoms with van der Waals surface area (Å²) in [5.74, 6) is 2.00. The first-order valence-corrected chi connectivity index (χ1v) is 6.09. The van der Waals surface area contributed by atoms with Crippen molar-refractivity contribution in [2.45, 2.75) is 0 Å². The SMILES string of the molecule is COc1nc(=S)nc(-c2ccc3c(c2)OCCO3)[nH]1. The highest BCUT2D eigenvalue weighted by atomic mass is 32.1. The van der Waals surface area contributed by atoms with E-state index in [2.05, 4.69) is 15.0 Å². The molecule has 0 aliphatic carbocycles. The Morgan fingerprint density at radius 2 is 2.00 bits per heavy atom. The molecular weight excluding hydrogens is 266 g/mol. The zero-order valence-electron chi connectivity index (χ0n) is 10.2. The van der Waals surface area contributed by atoms with E-state index < -0.39 is 0 Å². The quantitative estimate of drug-likeness (QED) is 0.846. The van der Waals surface area contributed by atoms with Crippen molar-refractivity contribution in [3.8, 4) is 28.9 Å². The van der Waals surface area contributed by atoms with E-state index in [-0.39, 0.29) is 4.77 Å². The van der Waals surface area contributed by atoms with E-state index in [0.717, 1.165) is 11.3 Å². The number of hydrogen-bond acceptors (Lipinski definition) is 6. The third kappa shape index (κ3) is 2.37. The van der Waals surface area contributed by atoms with Crippen LogP contribution in [-0.2, 0) is 0 Å². The van der Waals surface area contributed by atoms with Crippen LogP contribution in [0, 0.1) is 4.77 Å². The number of H-pyrrole nitrogens is 1. The largest absolute Gasteiger partial charge is 0.486 e. The van der Waals surface area contributed by atoms with Crippen LogP contribution in [-0.4, -0.2) is 35.3 Å². The Labute approximate surface area is 114 Å². The molecule has 2 heterocycles. The van der Waals surface area contributed by atoms with Crippen molar-refractivity contribution in [3.63, 3.8) is 0 Å². The summed E-state index contributed by atoms with van der Waals surface area (Å²) >= 11 is 5.00. The third-order valence-corrected chi connectivity index (χ3v) is 2.82. The first kappa shape index (κ1) is 11.9. The molecule has 0 saturated heterocycles. The number of aromatic nitrogens is 3. The molecule has 6 nitrogen and oxygen atoms in total. The van der Waals surface area contributed by atoms with Gasteiger partial charge in [-0.25, -0.2) is 4.98 Å². The third-order valence-electron chi connectivity index (χ3n) is 2.64. The molecule has 0 spiro atoms. The van der Waals surface area contributed by atoms with Crippen LogP contribution in [0.2, 0.25) is 0 Å². The van der Waals surface area contributed by atoms with E-state index >= 15 is 0 Å². The van der Waals surface area contributed by atoms with Crippen molar-refractivity contribution in [2.24, 2.45) is 0 Å². The molecule has 0 bridgehead atoms. The number of benzene rings is 1. The molecule has 0 atom stereocenters. The Hall–Kier alpha value is -2.15. The number of rotatable bonds is 2. The van der Waals surface area contributed by atoms with Gasteiger partial charge < -0.3 is 14.2 Å². The fraction of sp³-hybridized carbons (Fsp3) is 0.250. The van der Waals surface area contributed by atoms with Crippen molar-refractivity contribution in [3.05, 3.63) is 23.0 Å². The van der Waals surface area contributed by atoms with Gasteiger partial charge in [-0.1, -0.05) is 0 Å². The Balaban J connectivity index is 2.06. The van der Waals surface area contributed by atoms with Crippen LogP contribution in [0.15, 0.2) is 18.2 Å². The molecular formula is C12H11N3O3S. The van der Waals surface area contributed by atoms with Crippen molar-refractivity contribution in [1.29, 1.82) is 0 Å². The summed E-state index contributed by atoms with van der Waals surface area (Å²) in [5.41, 5.74) is 0.830. The Morgan fingerprint density at radius 3 is 2.79 bits per heavy atom. The highest BCUT2D eigenvalue weighted by Gasteiger charge is 2.13. The number of methoxy groups -OCH3 is 1. The van der Waals surface area contributed by atoms with Crippen LogP contribution in [0.5, 0.6) is 17.5 Å². The van der Waals surface area contributed by atoms with Gasteiger partial charge in [0.25, 0.3) is 6.01 Å². The predicted molar refractivity (Wildman–Crippen MR) is 70.2 cm³/mol. The maximum absolute atomic E-state index is 5.53. The van der Waals surface area contributed by atoms with Crippen LogP contribution in [0.3, 0.4) is 0 Å². The number of aromatic amines is 1. The highest BCUT2D eigenvalue weighted by molar-refractivity contribution is 7.71. The molecule has 0 saturated carbocycles. The molecule has 2 aromatic rings. The number of nitrogens with zero attached hydrogens (tertiary/aromatic N) is 2. The average molecular weight is 277 g/mol. The predicted octanol–water partition coefficient (Wildman–Crippen LogP) is 1.98. The van der Waals surface area contributed by atoms with Gasteiger partial charge >= 0.3 is 0 Å². The van der Waals surface area contributed by atoms with Gasteiger partial charge in [0.05, 0.1) is 7.11 Å². The normalized spacial score (nSPS) is 13.1. The minimum absolute atomic E-state index is 0.223. The van der Waals surface area contributed by atoms with Crippen LogP contribution >= 0.6 is 12.2 Å². The Bertz CT molecular complexity index is 672. The molecule has 3 rings (SSSR count). The minimum Gasteiger partial charge on any atom is -0.486 e. The van der Waals surface area contributed by atoms with E-state index in [1.807, 2.05) is 18.2 Å². The summed E-state index contributed by atoms with van der Waals surface area (Å²) in [7, 11) is 1.52. The molecule has 1 aliphatic heterocycles. The van der Waals surface area contributed by atoms with Gasteiger partial charge in [0.1, 0.15) is 19.0 Å². The minimum atomic E-state index is 0.223. The fourth-order valence-corrected chi connectivity index (χ4v) is 1.96. The lowest BCUT2D eigenvalue weighted by Crippen LogP contribution is -2.15. The molecule has 0 amide bonds. The number of ether oxygens (including phenoxy) is 3. The monoisotopic (exact) mass is 277 g/mol. The topological polar surface area (TPSA) is 69.3 Å². The van der Waals surface area contributed by atoms with Crippen LogP contribution in [0.4, 0.5) is 0 Å². The standard InChI is InChI=1S/C12H11N3O3S/c1-16-11-13-10(14-12(19)15-11)7-2-3-8-9(6-7)18-5-4-17-8/h2-3,6H,4-5H2,1H3,(H,13,14,15,19). The van der Waals surface area contributed by atoms with Crippen LogP contribution in [0.1, 0.15) is 0 Å². The molecule has 0 fully saturated rings. The van der Waals surface area contributed by atoms with Crippen LogP contribution < -0.4 is 14.2 Å². The first-order chi connectivity index (χ1) is 9.26. The summed E-state index contributed by atoms with van der Waals surface area (Å²) in [5, 5.41) is 0. The lowest BCUT2D eigenvalue weighted by Gasteiger charge is -2.18. The summed E-state index contributed by atoms with van der Waals surface area (Å²) < 4.78 is 16.3. The van der Waals surface area contributed by atoms with Crippen LogP contribution in [0.25, 0.3) is 11.4 Å². The van der Waals surface area contributed by atoms with Gasteiger partial charge in [-0.15, -0.1) is 0 Å². The lowest BCUT2D eigenvalue weighted by molar-refractivity contribution is 0.171. The maximum Gasteiger partial charge on any atom is 0.297 e. The fourth-order valence-electron chi connectivity index (χ4n) is 1.79. The maximum atomic E-state index is 5.53. The van der Waals surface area contributed by atoms with E-state index in [1.165, 1.54) is 7.11 Å². The molecule has 7 heteroatoms. The summed E-state index contributed by atoms with van der Waals surface area (Å²) in [6, 6.07) is 5.89. The van der Waals surface area contributed by atoms with Crippen molar-refractivity contribution < 1.29 is 14.2 Å². The van der Waals surface area contributed by atoms with Gasteiger partial charge in [-0.3, -0.25) is 4.98 Å². The molecule has 0 radical (unpaired) electrons. The Morgan fingerprint density at radius 1 is 1.21 bits per heavy atom. The van der Waals surface area contributed by atoms with Gasteiger partial charge in [0, 0.05) is 5.56 Å². The zero-order valence-corrected chi connectivity index (χ0v) is 11.0. The molecule has 1 aromatic heterocycles. The second kappa shape index (κ2) is 4.85. The van der Waals surface area contributed by atoms with Gasteiger partial charge in [0.15, 0.2) is 11.5 Å². The second-order valence-corrected chi connectivity index (χ2v) is 4.21. The molecule has 1 aromatic carbocycles. The van der Waals surface area contributed by atoms with Gasteiger partial charge in [-0.2, -0.15) is 4.98 Å². The van der Waals surface area contributed by atoms with Gasteiger partial charge in [-0.05, 0) is 30.4 Å². The summed E-state index contributed by atoms with van der Waals surface area (Å²) in [4.78, 5) is 11.1. The molecule has 98 valence electrons. The molecule has 1 aliphatic rings. The van der Waals surface area contributed by atoms with Crippen molar-refractivity contribution in [2.75, 3.05) is 20.3 Å². The van der Waals surface area contributed by atoms with E-state index in [1.54, 1.807) is 0 Å². The molecule has 19 heavy (non-hydrogen) atoms. The molecule has 0 unspecified atom stereocenters. The number of nitrogens with one attached hydrogen (secondary N) is 1. The zero-order chi connectivity index (χ0) is 13.2. The van der Waals surface area contributed by atoms with E-state index in [0.29, 0.717) is 30.8 Å². The lowest BCUT2D eigenvalue weighted by atomic mass is 10.2. The smallest absolute Gasteiger partial charge is 0.297 e. The van der Waals surface area contributed by atoms with Gasteiger partial charge in [0.2, 0.25) is 4.77 Å². The average Bonchev–Trinajstić information content (AvgIpc) is 2.46.